The number of sulfonamides is 1. The Hall–Kier alpha value is -3.24. The number of nitrogens with zero attached hydrogens (tertiary/aromatic N) is 3. The molecule has 1 aliphatic rings. The van der Waals surface area contributed by atoms with E-state index in [-0.39, 0.29) is 29.8 Å². The summed E-state index contributed by atoms with van der Waals surface area (Å²) in [5.74, 6) is 0.565. The quantitative estimate of drug-likeness (QED) is 0.695. The Morgan fingerprint density at radius 1 is 1.14 bits per heavy atom. The topological polar surface area (TPSA) is 115 Å². The summed E-state index contributed by atoms with van der Waals surface area (Å²) in [6.45, 7) is -0.192. The third-order valence-electron chi connectivity index (χ3n) is 4.14. The third kappa shape index (κ3) is 3.47. The zero-order chi connectivity index (χ0) is 19.7. The molecule has 0 aliphatic carbocycles. The van der Waals surface area contributed by atoms with Crippen molar-refractivity contribution in [2.45, 2.75) is 11.4 Å². The van der Waals surface area contributed by atoms with Crippen LogP contribution in [0.5, 0.6) is 5.75 Å². The van der Waals surface area contributed by atoms with E-state index in [0.29, 0.717) is 17.3 Å². The van der Waals surface area contributed by atoms with Gasteiger partial charge in [0.2, 0.25) is 21.8 Å². The molecule has 0 atom stereocenters. The maximum atomic E-state index is 12.9. The number of amides is 1. The zero-order valence-electron chi connectivity index (χ0n) is 14.8. The van der Waals surface area contributed by atoms with Crippen LogP contribution in [-0.4, -0.2) is 42.5 Å². The molecule has 3 aromatic rings. The maximum Gasteiger partial charge on any atom is 0.262 e. The standard InChI is InChI=1S/C18H16N4O5S/c1-22(10-17-20-21-18(27-17)12-5-3-2-4-6-12)28(24,25)13-7-8-15-14(9-13)19-16(23)11-26-15/h2-9H,10-11H2,1H3,(H,19,23). The lowest BCUT2D eigenvalue weighted by atomic mass is 10.2. The number of fused-ring (bicyclic) bond motifs is 1. The fourth-order valence-corrected chi connectivity index (χ4v) is 3.84. The SMILES string of the molecule is CN(Cc1nnc(-c2ccccc2)o1)S(=O)(=O)c1ccc2c(c1)NC(=O)CO2. The highest BCUT2D eigenvalue weighted by Crippen LogP contribution is 2.31. The number of rotatable bonds is 5. The molecule has 0 radical (unpaired) electrons. The lowest BCUT2D eigenvalue weighted by Gasteiger charge is -2.20. The maximum absolute atomic E-state index is 12.9. The minimum absolute atomic E-state index is 0.0161. The molecule has 144 valence electrons. The minimum Gasteiger partial charge on any atom is -0.482 e. The van der Waals surface area contributed by atoms with Crippen LogP contribution >= 0.6 is 0 Å². The van der Waals surface area contributed by atoms with Crippen molar-refractivity contribution < 1.29 is 22.4 Å². The second-order valence-corrected chi connectivity index (χ2v) is 8.17. The van der Waals surface area contributed by atoms with Gasteiger partial charge in [0.15, 0.2) is 6.61 Å². The van der Waals surface area contributed by atoms with Crippen LogP contribution in [0.1, 0.15) is 5.89 Å². The molecule has 0 unspecified atom stereocenters. The molecule has 0 saturated carbocycles. The van der Waals surface area contributed by atoms with Crippen LogP contribution in [-0.2, 0) is 21.4 Å². The van der Waals surface area contributed by atoms with Gasteiger partial charge in [0.05, 0.1) is 17.1 Å². The van der Waals surface area contributed by atoms with Gasteiger partial charge in [-0.3, -0.25) is 4.79 Å². The molecule has 2 aromatic carbocycles. The summed E-state index contributed by atoms with van der Waals surface area (Å²) < 4.78 is 37.6. The zero-order valence-corrected chi connectivity index (χ0v) is 15.6. The molecule has 28 heavy (non-hydrogen) atoms. The van der Waals surface area contributed by atoms with Gasteiger partial charge in [0, 0.05) is 12.6 Å². The molecule has 10 heteroatoms. The first-order chi connectivity index (χ1) is 13.4. The molecule has 1 amide bonds. The fourth-order valence-electron chi connectivity index (χ4n) is 2.69. The average Bonchev–Trinajstić information content (AvgIpc) is 3.16. The highest BCUT2D eigenvalue weighted by Gasteiger charge is 2.26. The van der Waals surface area contributed by atoms with E-state index in [1.54, 1.807) is 0 Å². The van der Waals surface area contributed by atoms with Crippen molar-refractivity contribution >= 4 is 21.6 Å². The smallest absolute Gasteiger partial charge is 0.262 e. The van der Waals surface area contributed by atoms with Gasteiger partial charge in [-0.05, 0) is 30.3 Å². The Kier molecular flexibility index (Phi) is 4.57. The molecule has 0 bridgehead atoms. The number of aromatic nitrogens is 2. The average molecular weight is 400 g/mol. The van der Waals surface area contributed by atoms with Crippen LogP contribution in [0.15, 0.2) is 57.8 Å². The predicted octanol–water partition coefficient (Wildman–Crippen LogP) is 1.89. The second-order valence-electron chi connectivity index (χ2n) is 6.12. The van der Waals surface area contributed by atoms with E-state index < -0.39 is 10.0 Å². The summed E-state index contributed by atoms with van der Waals surface area (Å²) in [4.78, 5) is 11.5. The molecule has 0 spiro atoms. The third-order valence-corrected chi connectivity index (χ3v) is 5.94. The van der Waals surface area contributed by atoms with E-state index in [1.165, 1.54) is 25.2 Å². The molecule has 0 fully saturated rings. The van der Waals surface area contributed by atoms with Crippen LogP contribution < -0.4 is 10.1 Å². The van der Waals surface area contributed by atoms with Crippen LogP contribution in [0.25, 0.3) is 11.5 Å². The van der Waals surface area contributed by atoms with Crippen molar-refractivity contribution in [3.8, 4) is 17.2 Å². The van der Waals surface area contributed by atoms with E-state index in [1.807, 2.05) is 30.3 Å². The number of nitrogens with one attached hydrogen (secondary N) is 1. The van der Waals surface area contributed by atoms with Crippen molar-refractivity contribution in [1.82, 2.24) is 14.5 Å². The number of ether oxygens (including phenoxy) is 1. The summed E-state index contributed by atoms with van der Waals surface area (Å²) in [6.07, 6.45) is 0. The van der Waals surface area contributed by atoms with E-state index >= 15 is 0 Å². The molecule has 0 saturated heterocycles. The minimum atomic E-state index is -3.84. The normalized spacial score (nSPS) is 13.7. The Morgan fingerprint density at radius 3 is 2.71 bits per heavy atom. The van der Waals surface area contributed by atoms with Crippen LogP contribution in [0.4, 0.5) is 5.69 Å². The fraction of sp³-hybridized carbons (Fsp3) is 0.167. The Bertz CT molecular complexity index is 1130. The van der Waals surface area contributed by atoms with E-state index in [4.69, 9.17) is 9.15 Å². The summed E-state index contributed by atoms with van der Waals surface area (Å²) in [5, 5.41) is 10.5. The molecule has 9 nitrogen and oxygen atoms in total. The molecule has 1 aliphatic heterocycles. The molecule has 2 heterocycles. The first-order valence-corrected chi connectivity index (χ1v) is 9.78. The van der Waals surface area contributed by atoms with Crippen molar-refractivity contribution in [3.05, 3.63) is 54.4 Å². The van der Waals surface area contributed by atoms with Gasteiger partial charge in [-0.2, -0.15) is 4.31 Å². The van der Waals surface area contributed by atoms with Gasteiger partial charge in [-0.15, -0.1) is 10.2 Å². The summed E-state index contributed by atoms with van der Waals surface area (Å²) in [7, 11) is -2.43. The van der Waals surface area contributed by atoms with E-state index in [0.717, 1.165) is 9.87 Å². The van der Waals surface area contributed by atoms with E-state index in [9.17, 15) is 13.2 Å². The number of benzene rings is 2. The first-order valence-electron chi connectivity index (χ1n) is 8.34. The predicted molar refractivity (Wildman–Crippen MR) is 99.0 cm³/mol. The molecule has 1 aromatic heterocycles. The van der Waals surface area contributed by atoms with Crippen molar-refractivity contribution in [2.24, 2.45) is 0 Å². The van der Waals surface area contributed by atoms with Crippen LogP contribution in [0, 0.1) is 0 Å². The van der Waals surface area contributed by atoms with Gasteiger partial charge < -0.3 is 14.5 Å². The summed E-state index contributed by atoms with van der Waals surface area (Å²) >= 11 is 0. The highest BCUT2D eigenvalue weighted by molar-refractivity contribution is 7.89. The molecular weight excluding hydrogens is 384 g/mol. The van der Waals surface area contributed by atoms with E-state index in [2.05, 4.69) is 15.5 Å². The summed E-state index contributed by atoms with van der Waals surface area (Å²) in [5.41, 5.74) is 1.06. The summed E-state index contributed by atoms with van der Waals surface area (Å²) in [6, 6.07) is 13.5. The van der Waals surface area contributed by atoms with Crippen LogP contribution in [0.2, 0.25) is 0 Å². The Morgan fingerprint density at radius 2 is 1.93 bits per heavy atom. The highest BCUT2D eigenvalue weighted by atomic mass is 32.2. The van der Waals surface area contributed by atoms with Gasteiger partial charge in [0.1, 0.15) is 5.75 Å². The number of hydrogen-bond donors (Lipinski definition) is 1. The van der Waals surface area contributed by atoms with Gasteiger partial charge in [-0.25, -0.2) is 8.42 Å². The molecule has 4 rings (SSSR count). The van der Waals surface area contributed by atoms with Crippen molar-refractivity contribution in [2.75, 3.05) is 19.0 Å². The number of carbonyl (C=O) groups is 1. The number of anilines is 1. The van der Waals surface area contributed by atoms with Gasteiger partial charge in [0.25, 0.3) is 5.91 Å². The Balaban J connectivity index is 1.54. The molecular formula is C18H16N4O5S. The van der Waals surface area contributed by atoms with Gasteiger partial charge >= 0.3 is 0 Å². The largest absolute Gasteiger partial charge is 0.482 e. The lowest BCUT2D eigenvalue weighted by molar-refractivity contribution is -0.118. The van der Waals surface area contributed by atoms with Crippen molar-refractivity contribution in [3.63, 3.8) is 0 Å². The number of carbonyl (C=O) groups excluding carboxylic acids is 1. The monoisotopic (exact) mass is 400 g/mol. The lowest BCUT2D eigenvalue weighted by Crippen LogP contribution is -2.28. The first kappa shape index (κ1) is 18.1. The van der Waals surface area contributed by atoms with Crippen LogP contribution in [0.3, 0.4) is 0 Å². The number of hydrogen-bond acceptors (Lipinski definition) is 7. The van der Waals surface area contributed by atoms with Crippen molar-refractivity contribution in [1.29, 1.82) is 0 Å². The molecule has 1 N–H and O–H groups in total. The Labute approximate surface area is 161 Å². The van der Waals surface area contributed by atoms with Gasteiger partial charge in [-0.1, -0.05) is 18.2 Å². The second kappa shape index (κ2) is 7.06.